The van der Waals surface area contributed by atoms with E-state index >= 15 is 0 Å². The SMILES string of the molecule is C=CC(/C=C/C1=NC2=CCC(N3CCCCC3)C=C2NC1)=C(C)C. The van der Waals surface area contributed by atoms with E-state index in [0.717, 1.165) is 24.4 Å². The molecule has 1 fully saturated rings. The van der Waals surface area contributed by atoms with E-state index in [9.17, 15) is 0 Å². The molecule has 0 amide bonds. The van der Waals surface area contributed by atoms with Gasteiger partial charge in [0.2, 0.25) is 0 Å². The van der Waals surface area contributed by atoms with Crippen molar-refractivity contribution in [3.63, 3.8) is 0 Å². The molecule has 3 rings (SSSR count). The van der Waals surface area contributed by atoms with Crippen molar-refractivity contribution in [3.8, 4) is 0 Å². The molecule has 2 aliphatic heterocycles. The summed E-state index contributed by atoms with van der Waals surface area (Å²) in [5.74, 6) is 0. The Balaban J connectivity index is 1.69. The maximum Gasteiger partial charge on any atom is 0.0823 e. The van der Waals surface area contributed by atoms with Crippen LogP contribution in [0.5, 0.6) is 0 Å². The largest absolute Gasteiger partial charge is 0.378 e. The molecule has 0 spiro atoms. The standard InChI is InChI=1S/C21H29N3/c1-4-17(16(2)3)8-9-18-15-22-21-14-19(10-11-20(21)23-18)24-12-6-5-7-13-24/h4,8-9,11,14,19,22H,1,5-7,10,12-13,15H2,2-3H3/b9-8+. The van der Waals surface area contributed by atoms with E-state index in [4.69, 9.17) is 4.99 Å². The minimum Gasteiger partial charge on any atom is -0.378 e. The molecule has 0 saturated carbocycles. The first-order valence-corrected chi connectivity index (χ1v) is 9.13. The highest BCUT2D eigenvalue weighted by Crippen LogP contribution is 2.25. The Bertz CT molecular complexity index is 636. The third-order valence-electron chi connectivity index (χ3n) is 5.02. The van der Waals surface area contributed by atoms with Gasteiger partial charge < -0.3 is 5.32 Å². The number of nitrogens with zero attached hydrogens (tertiary/aromatic N) is 2. The Hall–Kier alpha value is -1.87. The molecule has 2 heterocycles. The van der Waals surface area contributed by atoms with E-state index in [1.165, 1.54) is 49.2 Å². The molecule has 0 aromatic rings. The van der Waals surface area contributed by atoms with E-state index in [-0.39, 0.29) is 0 Å². The fraction of sp³-hybridized carbons (Fsp3) is 0.476. The first-order valence-electron chi connectivity index (χ1n) is 9.13. The van der Waals surface area contributed by atoms with Crippen LogP contribution in [0.25, 0.3) is 0 Å². The van der Waals surface area contributed by atoms with Crippen LogP contribution in [-0.4, -0.2) is 36.3 Å². The fourth-order valence-electron chi connectivity index (χ4n) is 3.55. The van der Waals surface area contributed by atoms with Crippen molar-refractivity contribution in [2.24, 2.45) is 4.99 Å². The Kier molecular flexibility index (Phi) is 5.52. The summed E-state index contributed by atoms with van der Waals surface area (Å²) < 4.78 is 0. The van der Waals surface area contributed by atoms with Gasteiger partial charge in [-0.15, -0.1) is 0 Å². The third kappa shape index (κ3) is 3.96. The van der Waals surface area contributed by atoms with Gasteiger partial charge in [-0.25, -0.2) is 4.99 Å². The van der Waals surface area contributed by atoms with Gasteiger partial charge in [-0.1, -0.05) is 36.8 Å². The Morgan fingerprint density at radius 3 is 2.79 bits per heavy atom. The average molecular weight is 323 g/mol. The molecule has 0 bridgehead atoms. The lowest BCUT2D eigenvalue weighted by atomic mass is 9.99. The van der Waals surface area contributed by atoms with Crippen molar-refractivity contribution in [1.82, 2.24) is 10.2 Å². The average Bonchev–Trinajstić information content (AvgIpc) is 2.62. The molecule has 1 N–H and O–H groups in total. The summed E-state index contributed by atoms with van der Waals surface area (Å²) in [5, 5.41) is 3.55. The minimum atomic E-state index is 0.543. The molecule has 0 radical (unpaired) electrons. The van der Waals surface area contributed by atoms with E-state index in [0.29, 0.717) is 6.04 Å². The van der Waals surface area contributed by atoms with Gasteiger partial charge in [0.25, 0.3) is 0 Å². The van der Waals surface area contributed by atoms with Crippen LogP contribution in [0.1, 0.15) is 39.5 Å². The fourth-order valence-corrected chi connectivity index (χ4v) is 3.55. The zero-order chi connectivity index (χ0) is 16.9. The highest BCUT2D eigenvalue weighted by molar-refractivity contribution is 5.99. The zero-order valence-electron chi connectivity index (χ0n) is 15.0. The summed E-state index contributed by atoms with van der Waals surface area (Å²) in [4.78, 5) is 7.45. The number of fused-ring (bicyclic) bond motifs is 1. The quantitative estimate of drug-likeness (QED) is 0.788. The van der Waals surface area contributed by atoms with Crippen LogP contribution in [0.3, 0.4) is 0 Å². The summed E-state index contributed by atoms with van der Waals surface area (Å²) in [5.41, 5.74) is 5.83. The van der Waals surface area contributed by atoms with Gasteiger partial charge in [-0.3, -0.25) is 4.90 Å². The Labute approximate surface area is 146 Å². The van der Waals surface area contributed by atoms with Crippen molar-refractivity contribution >= 4 is 5.71 Å². The summed E-state index contributed by atoms with van der Waals surface area (Å²) in [6.45, 7) is 11.4. The van der Waals surface area contributed by atoms with Gasteiger partial charge in [0, 0.05) is 6.04 Å². The molecule has 0 aromatic heterocycles. The number of hydrogen-bond acceptors (Lipinski definition) is 3. The lowest BCUT2D eigenvalue weighted by Gasteiger charge is -2.35. The van der Waals surface area contributed by atoms with Crippen LogP contribution in [0.4, 0.5) is 0 Å². The van der Waals surface area contributed by atoms with Crippen molar-refractivity contribution < 1.29 is 0 Å². The summed E-state index contributed by atoms with van der Waals surface area (Å²) in [6.07, 6.45) is 15.9. The van der Waals surface area contributed by atoms with Crippen LogP contribution >= 0.6 is 0 Å². The van der Waals surface area contributed by atoms with Crippen LogP contribution in [0.2, 0.25) is 0 Å². The first-order chi connectivity index (χ1) is 11.7. The van der Waals surface area contributed by atoms with Gasteiger partial charge in [0.1, 0.15) is 0 Å². The number of aliphatic imine (C=N–C) groups is 1. The highest BCUT2D eigenvalue weighted by Gasteiger charge is 2.24. The van der Waals surface area contributed by atoms with Crippen LogP contribution in [0.15, 0.2) is 64.5 Å². The molecule has 3 heteroatoms. The highest BCUT2D eigenvalue weighted by atomic mass is 15.2. The second kappa shape index (κ2) is 7.80. The van der Waals surface area contributed by atoms with E-state index in [1.54, 1.807) is 0 Å². The molecule has 1 atom stereocenters. The van der Waals surface area contributed by atoms with Gasteiger partial charge in [-0.2, -0.15) is 0 Å². The second-order valence-electron chi connectivity index (χ2n) is 7.02. The number of hydrogen-bond donors (Lipinski definition) is 1. The molecule has 0 aromatic carbocycles. The predicted octanol–water partition coefficient (Wildman–Crippen LogP) is 4.14. The van der Waals surface area contributed by atoms with Crippen molar-refractivity contribution in [2.75, 3.05) is 19.6 Å². The van der Waals surface area contributed by atoms with E-state index in [2.05, 4.69) is 54.9 Å². The normalized spacial score (nSPS) is 24.4. The predicted molar refractivity (Wildman–Crippen MR) is 103 cm³/mol. The Morgan fingerprint density at radius 1 is 1.29 bits per heavy atom. The molecular formula is C21H29N3. The van der Waals surface area contributed by atoms with Crippen LogP contribution in [-0.2, 0) is 0 Å². The van der Waals surface area contributed by atoms with Gasteiger partial charge in [0.05, 0.1) is 23.7 Å². The van der Waals surface area contributed by atoms with Crippen LogP contribution < -0.4 is 5.32 Å². The molecule has 1 unspecified atom stereocenters. The van der Waals surface area contributed by atoms with Gasteiger partial charge >= 0.3 is 0 Å². The lowest BCUT2D eigenvalue weighted by molar-refractivity contribution is 0.189. The summed E-state index contributed by atoms with van der Waals surface area (Å²) in [6, 6.07) is 0.543. The van der Waals surface area contributed by atoms with Crippen molar-refractivity contribution in [1.29, 1.82) is 0 Å². The molecule has 3 nitrogen and oxygen atoms in total. The van der Waals surface area contributed by atoms with E-state index in [1.807, 2.05) is 6.08 Å². The maximum absolute atomic E-state index is 4.83. The number of piperidine rings is 1. The molecule has 1 saturated heterocycles. The number of rotatable bonds is 4. The molecule has 128 valence electrons. The minimum absolute atomic E-state index is 0.543. The smallest absolute Gasteiger partial charge is 0.0823 e. The number of likely N-dealkylation sites (tertiary alicyclic amines) is 1. The lowest BCUT2D eigenvalue weighted by Crippen LogP contribution is -2.40. The monoisotopic (exact) mass is 323 g/mol. The molecular weight excluding hydrogens is 294 g/mol. The zero-order valence-corrected chi connectivity index (χ0v) is 15.0. The second-order valence-corrected chi connectivity index (χ2v) is 7.02. The Morgan fingerprint density at radius 2 is 2.08 bits per heavy atom. The van der Waals surface area contributed by atoms with Crippen molar-refractivity contribution in [2.45, 2.75) is 45.6 Å². The summed E-state index contributed by atoms with van der Waals surface area (Å²) >= 11 is 0. The molecule has 1 aliphatic carbocycles. The van der Waals surface area contributed by atoms with Gasteiger partial charge in [0.15, 0.2) is 0 Å². The third-order valence-corrected chi connectivity index (χ3v) is 5.02. The number of nitrogens with one attached hydrogen (secondary N) is 1. The molecule has 24 heavy (non-hydrogen) atoms. The first kappa shape index (κ1) is 17.0. The summed E-state index contributed by atoms with van der Waals surface area (Å²) in [7, 11) is 0. The maximum atomic E-state index is 4.83. The van der Waals surface area contributed by atoms with E-state index < -0.39 is 0 Å². The topological polar surface area (TPSA) is 27.6 Å². The van der Waals surface area contributed by atoms with Crippen molar-refractivity contribution in [3.05, 3.63) is 59.5 Å². The van der Waals surface area contributed by atoms with Gasteiger partial charge in [-0.05, 0) is 63.9 Å². The van der Waals surface area contributed by atoms with Crippen LogP contribution in [0, 0.1) is 0 Å². The molecule has 3 aliphatic rings. The number of allylic oxidation sites excluding steroid dienone is 4.